The van der Waals surface area contributed by atoms with Gasteiger partial charge in [0.05, 0.1) is 11.5 Å². The number of esters is 1. The second kappa shape index (κ2) is 6.18. The lowest BCUT2D eigenvalue weighted by Crippen LogP contribution is -2.28. The van der Waals surface area contributed by atoms with Crippen molar-refractivity contribution in [2.45, 2.75) is 6.92 Å². The Morgan fingerprint density at radius 2 is 2.05 bits per heavy atom. The average Bonchev–Trinajstić information content (AvgIpc) is 2.40. The van der Waals surface area contributed by atoms with Crippen LogP contribution in [0.2, 0.25) is 0 Å². The largest absolute Gasteiger partial charge is 0.460 e. The number of hydrogen-bond donors (Lipinski definition) is 0. The normalized spacial score (nSPS) is 9.32. The van der Waals surface area contributed by atoms with Gasteiger partial charge in [0, 0.05) is 6.07 Å². The van der Waals surface area contributed by atoms with Gasteiger partial charge in [-0.05, 0) is 13.0 Å². The van der Waals surface area contributed by atoms with Gasteiger partial charge in [0.25, 0.3) is 5.69 Å². The molecule has 0 amide bonds. The van der Waals surface area contributed by atoms with Crippen LogP contribution in [0.5, 0.6) is 0 Å². The van der Waals surface area contributed by atoms with E-state index in [0.717, 1.165) is 6.07 Å². The van der Waals surface area contributed by atoms with E-state index in [2.05, 4.69) is 9.53 Å². The number of rotatable bonds is 5. The van der Waals surface area contributed by atoms with Gasteiger partial charge in [-0.2, -0.15) is 4.79 Å². The van der Waals surface area contributed by atoms with Gasteiger partial charge in [0.15, 0.2) is 0 Å². The second-order valence-corrected chi connectivity index (χ2v) is 3.27. The molecule has 0 spiro atoms. The van der Waals surface area contributed by atoms with E-state index >= 15 is 0 Å². The number of nitrogens with zero attached hydrogens (tertiary/aromatic N) is 3. The highest BCUT2D eigenvalue weighted by molar-refractivity contribution is 6.65. The minimum absolute atomic E-state index is 0.0415. The molecule has 0 saturated heterocycles. The molecule has 0 unspecified atom stereocenters. The summed E-state index contributed by atoms with van der Waals surface area (Å²) in [6.45, 7) is 1.45. The van der Waals surface area contributed by atoms with Gasteiger partial charge >= 0.3 is 17.5 Å². The maximum absolute atomic E-state index is 11.7. The van der Waals surface area contributed by atoms with Crippen LogP contribution in [0.15, 0.2) is 24.3 Å². The summed E-state index contributed by atoms with van der Waals surface area (Å²) < 4.78 is 4.46. The number of Topliss-reactive ketones (excluding diaryl/α,β-unsaturated/α-hetero) is 1. The maximum atomic E-state index is 11.7. The summed E-state index contributed by atoms with van der Waals surface area (Å²) in [6, 6.07) is 5.11. The first-order valence-electron chi connectivity index (χ1n) is 5.20. The molecule has 0 atom stereocenters. The lowest BCUT2D eigenvalue weighted by molar-refractivity contribution is -0.385. The van der Waals surface area contributed by atoms with Crippen LogP contribution >= 0.6 is 0 Å². The van der Waals surface area contributed by atoms with Crippen molar-refractivity contribution >= 4 is 23.2 Å². The Balaban J connectivity index is 3.27. The number of ketones is 1. The quantitative estimate of drug-likeness (QED) is 0.147. The Bertz CT molecular complexity index is 590. The molecule has 0 aliphatic rings. The van der Waals surface area contributed by atoms with Crippen molar-refractivity contribution in [1.82, 2.24) is 0 Å². The smallest absolute Gasteiger partial charge is 0.387 e. The summed E-state index contributed by atoms with van der Waals surface area (Å²) in [4.78, 5) is 35.6. The van der Waals surface area contributed by atoms with Crippen LogP contribution in [0.3, 0.4) is 0 Å². The van der Waals surface area contributed by atoms with Crippen LogP contribution in [-0.2, 0) is 14.3 Å². The molecule has 1 aromatic carbocycles. The van der Waals surface area contributed by atoms with Crippen molar-refractivity contribution in [3.8, 4) is 0 Å². The molecule has 0 aromatic heterocycles. The van der Waals surface area contributed by atoms with E-state index in [9.17, 15) is 19.7 Å². The van der Waals surface area contributed by atoms with Crippen LogP contribution in [0.1, 0.15) is 12.5 Å². The van der Waals surface area contributed by atoms with Crippen LogP contribution < -0.4 is 0 Å². The Kier molecular flexibility index (Phi) is 4.62. The lowest BCUT2D eigenvalue weighted by atomic mass is 10.0. The Morgan fingerprint density at radius 1 is 1.42 bits per heavy atom. The minimum atomic E-state index is -1.25. The average molecular weight is 263 g/mol. The van der Waals surface area contributed by atoms with Crippen LogP contribution in [0, 0.1) is 10.1 Å². The molecule has 0 heterocycles. The van der Waals surface area contributed by atoms with Gasteiger partial charge in [-0.1, -0.05) is 12.1 Å². The van der Waals surface area contributed by atoms with Gasteiger partial charge in [-0.3, -0.25) is 14.9 Å². The van der Waals surface area contributed by atoms with E-state index in [-0.39, 0.29) is 12.2 Å². The highest BCUT2D eigenvalue weighted by Gasteiger charge is 2.35. The van der Waals surface area contributed by atoms with E-state index in [1.807, 2.05) is 0 Å². The van der Waals surface area contributed by atoms with Crippen LogP contribution in [0.25, 0.3) is 5.53 Å². The van der Waals surface area contributed by atoms with Gasteiger partial charge < -0.3 is 10.3 Å². The third kappa shape index (κ3) is 3.08. The lowest BCUT2D eigenvalue weighted by Gasteiger charge is -1.99. The first-order chi connectivity index (χ1) is 9.02. The molecule has 0 aliphatic carbocycles. The number of nitro benzene ring substituents is 1. The van der Waals surface area contributed by atoms with Crippen LogP contribution in [-0.4, -0.2) is 33.8 Å². The summed E-state index contributed by atoms with van der Waals surface area (Å²) in [5.74, 6) is -2.49. The maximum Gasteiger partial charge on any atom is 0.387 e. The zero-order valence-electron chi connectivity index (χ0n) is 9.90. The minimum Gasteiger partial charge on any atom is -0.460 e. The standard InChI is InChI=1S/C11H9N3O5/c1-2-19-11(16)10(15)9(13-12)7-5-3-4-6-8(7)14(17)18/h3-6H,2H2,1H3. The third-order valence-electron chi connectivity index (χ3n) is 2.13. The Morgan fingerprint density at radius 3 is 2.58 bits per heavy atom. The van der Waals surface area contributed by atoms with Gasteiger partial charge in [-0.25, -0.2) is 4.79 Å². The van der Waals surface area contributed by atoms with E-state index < -0.39 is 28.1 Å². The fraction of sp³-hybridized carbons (Fsp3) is 0.182. The van der Waals surface area contributed by atoms with Gasteiger partial charge in [-0.15, -0.1) is 0 Å². The number of nitro groups is 1. The Hall–Kier alpha value is -2.86. The number of para-hydroxylation sites is 1. The SMILES string of the molecule is CCOC(=O)C(=O)C(=[N+]=[N-])c1ccccc1[N+](=O)[O-]. The number of ether oxygens (including phenoxy) is 1. The van der Waals surface area contributed by atoms with Crippen molar-refractivity contribution in [3.63, 3.8) is 0 Å². The summed E-state index contributed by atoms with van der Waals surface area (Å²) in [7, 11) is 0. The van der Waals surface area contributed by atoms with Gasteiger partial charge in [0.1, 0.15) is 5.56 Å². The van der Waals surface area contributed by atoms with Crippen molar-refractivity contribution in [2.75, 3.05) is 6.61 Å². The number of carbonyl (C=O) groups is 2. The predicted octanol–water partition coefficient (Wildman–Crippen LogP) is 0.746. The summed E-state index contributed by atoms with van der Waals surface area (Å²) >= 11 is 0. The van der Waals surface area contributed by atoms with Crippen molar-refractivity contribution in [2.24, 2.45) is 0 Å². The van der Waals surface area contributed by atoms with Crippen molar-refractivity contribution in [3.05, 3.63) is 45.5 Å². The zero-order chi connectivity index (χ0) is 14.4. The molecule has 8 heteroatoms. The highest BCUT2D eigenvalue weighted by atomic mass is 16.6. The number of hydrogen-bond acceptors (Lipinski definition) is 5. The fourth-order valence-corrected chi connectivity index (χ4v) is 1.35. The zero-order valence-corrected chi connectivity index (χ0v) is 9.90. The third-order valence-corrected chi connectivity index (χ3v) is 2.13. The predicted molar refractivity (Wildman–Crippen MR) is 62.5 cm³/mol. The topological polar surface area (TPSA) is 123 Å². The molecule has 0 aliphatic heterocycles. The molecule has 8 nitrogen and oxygen atoms in total. The first kappa shape index (κ1) is 14.2. The molecule has 0 saturated carbocycles. The molecular formula is C11H9N3O5. The van der Waals surface area contributed by atoms with Crippen LogP contribution in [0.4, 0.5) is 5.69 Å². The summed E-state index contributed by atoms with van der Waals surface area (Å²) in [5, 5.41) is 10.8. The molecule has 0 radical (unpaired) electrons. The second-order valence-electron chi connectivity index (χ2n) is 3.27. The van der Waals surface area contributed by atoms with E-state index in [1.165, 1.54) is 25.1 Å². The fourth-order valence-electron chi connectivity index (χ4n) is 1.35. The highest BCUT2D eigenvalue weighted by Crippen LogP contribution is 2.18. The molecule has 0 bridgehead atoms. The van der Waals surface area contributed by atoms with E-state index in [0.29, 0.717) is 0 Å². The molecule has 19 heavy (non-hydrogen) atoms. The molecular weight excluding hydrogens is 254 g/mol. The molecule has 0 fully saturated rings. The Labute approximate surface area is 107 Å². The van der Waals surface area contributed by atoms with Crippen molar-refractivity contribution in [1.29, 1.82) is 0 Å². The number of benzene rings is 1. The summed E-state index contributed by atoms with van der Waals surface area (Å²) in [5.41, 5.74) is 7.37. The molecule has 98 valence electrons. The monoisotopic (exact) mass is 263 g/mol. The van der Waals surface area contributed by atoms with Crippen molar-refractivity contribution < 1.29 is 24.0 Å². The molecule has 1 rings (SSSR count). The summed E-state index contributed by atoms with van der Waals surface area (Å²) in [6.07, 6.45) is 0. The number of carbonyl (C=O) groups excluding carboxylic acids is 2. The first-order valence-corrected chi connectivity index (χ1v) is 5.20. The van der Waals surface area contributed by atoms with Gasteiger partial charge in [0.2, 0.25) is 0 Å². The molecule has 1 aromatic rings. The van der Waals surface area contributed by atoms with E-state index in [4.69, 9.17) is 5.53 Å². The van der Waals surface area contributed by atoms with E-state index in [1.54, 1.807) is 0 Å². The molecule has 0 N–H and O–H groups in total.